The van der Waals surface area contributed by atoms with Gasteiger partial charge in [-0.2, -0.15) is 0 Å². The Morgan fingerprint density at radius 2 is 1.85 bits per heavy atom. The van der Waals surface area contributed by atoms with Gasteiger partial charge in [-0.3, -0.25) is 4.90 Å². The summed E-state index contributed by atoms with van der Waals surface area (Å²) in [7, 11) is 1.72. The minimum Gasteiger partial charge on any atom is -0.495 e. The Morgan fingerprint density at radius 3 is 2.58 bits per heavy atom. The monoisotopic (exact) mass is 360 g/mol. The van der Waals surface area contributed by atoms with Crippen molar-refractivity contribution in [1.29, 1.82) is 0 Å². The van der Waals surface area contributed by atoms with E-state index in [-0.39, 0.29) is 6.03 Å². The molecule has 0 atom stereocenters. The Kier molecular flexibility index (Phi) is 7.00. The molecule has 6 nitrogen and oxygen atoms in total. The molecule has 2 aliphatic rings. The number of hydrogen-bond acceptors (Lipinski definition) is 4. The number of rotatable bonds is 6. The van der Waals surface area contributed by atoms with E-state index in [9.17, 15) is 4.79 Å². The zero-order valence-corrected chi connectivity index (χ0v) is 15.9. The van der Waals surface area contributed by atoms with Crippen LogP contribution >= 0.6 is 0 Å². The molecule has 2 fully saturated rings. The molecule has 3 rings (SSSR count). The van der Waals surface area contributed by atoms with Gasteiger partial charge >= 0.3 is 6.03 Å². The van der Waals surface area contributed by atoms with Crippen molar-refractivity contribution in [2.45, 2.75) is 38.1 Å². The van der Waals surface area contributed by atoms with Gasteiger partial charge in [0.05, 0.1) is 12.8 Å². The zero-order valence-electron chi connectivity index (χ0n) is 15.9. The molecule has 0 unspecified atom stereocenters. The Bertz CT molecular complexity index is 567. The van der Waals surface area contributed by atoms with Crippen LogP contribution in [0.1, 0.15) is 32.1 Å². The smallest absolute Gasteiger partial charge is 0.315 e. The summed E-state index contributed by atoms with van der Waals surface area (Å²) < 4.78 is 5.47. The highest BCUT2D eigenvalue weighted by Gasteiger charge is 2.20. The standard InChI is InChI=1S/C20H32N4O2/c1-26-19-10-6-5-9-18(19)24-15-13-23(14-16-24)12-11-21-20(25)22-17-7-3-2-4-8-17/h5-6,9-10,17H,2-4,7-8,11-16H2,1H3,(H2,21,22,25). The van der Waals surface area contributed by atoms with Gasteiger partial charge in [-0.05, 0) is 25.0 Å². The van der Waals surface area contributed by atoms with Crippen molar-refractivity contribution in [2.75, 3.05) is 51.3 Å². The van der Waals surface area contributed by atoms with E-state index in [4.69, 9.17) is 4.74 Å². The van der Waals surface area contributed by atoms with E-state index in [1.807, 2.05) is 12.1 Å². The molecule has 0 radical (unpaired) electrons. The van der Waals surface area contributed by atoms with Crippen LogP contribution in [-0.4, -0.2) is 63.4 Å². The van der Waals surface area contributed by atoms with Crippen LogP contribution in [-0.2, 0) is 0 Å². The fourth-order valence-corrected chi connectivity index (χ4v) is 3.91. The number of hydrogen-bond donors (Lipinski definition) is 2. The van der Waals surface area contributed by atoms with Gasteiger partial charge in [-0.15, -0.1) is 0 Å². The van der Waals surface area contributed by atoms with E-state index in [1.54, 1.807) is 7.11 Å². The average molecular weight is 361 g/mol. The van der Waals surface area contributed by atoms with Crippen molar-refractivity contribution in [1.82, 2.24) is 15.5 Å². The van der Waals surface area contributed by atoms with Gasteiger partial charge in [-0.1, -0.05) is 31.4 Å². The largest absolute Gasteiger partial charge is 0.495 e. The van der Waals surface area contributed by atoms with E-state index in [0.29, 0.717) is 12.6 Å². The van der Waals surface area contributed by atoms with Crippen LogP contribution in [0.15, 0.2) is 24.3 Å². The molecule has 0 aromatic heterocycles. The fourth-order valence-electron chi connectivity index (χ4n) is 3.91. The van der Waals surface area contributed by atoms with Crippen molar-refractivity contribution >= 4 is 11.7 Å². The first-order chi connectivity index (χ1) is 12.8. The van der Waals surface area contributed by atoms with E-state index in [0.717, 1.165) is 51.3 Å². The minimum atomic E-state index is -0.00967. The second kappa shape index (κ2) is 9.67. The Hall–Kier alpha value is -1.95. The summed E-state index contributed by atoms with van der Waals surface area (Å²) in [5.41, 5.74) is 1.17. The first-order valence-electron chi connectivity index (χ1n) is 9.91. The third-order valence-corrected chi connectivity index (χ3v) is 5.45. The van der Waals surface area contributed by atoms with Gasteiger partial charge in [0.15, 0.2) is 0 Å². The summed E-state index contributed by atoms with van der Waals surface area (Å²) in [4.78, 5) is 16.8. The third kappa shape index (κ3) is 5.27. The molecule has 0 bridgehead atoms. The van der Waals surface area contributed by atoms with Crippen molar-refractivity contribution < 1.29 is 9.53 Å². The lowest BCUT2D eigenvalue weighted by atomic mass is 9.96. The number of carbonyl (C=O) groups is 1. The summed E-state index contributed by atoms with van der Waals surface area (Å²) in [5, 5.41) is 6.12. The number of para-hydroxylation sites is 2. The number of piperazine rings is 1. The second-order valence-electron chi connectivity index (χ2n) is 7.24. The van der Waals surface area contributed by atoms with Crippen molar-refractivity contribution in [2.24, 2.45) is 0 Å². The number of nitrogens with zero attached hydrogens (tertiary/aromatic N) is 2. The molecule has 1 aromatic rings. The summed E-state index contributed by atoms with van der Waals surface area (Å²) in [6.07, 6.45) is 6.03. The molecular formula is C20H32N4O2. The molecule has 1 saturated carbocycles. The number of methoxy groups -OCH3 is 1. The number of carbonyl (C=O) groups excluding carboxylic acids is 1. The highest BCUT2D eigenvalue weighted by Crippen LogP contribution is 2.28. The second-order valence-corrected chi connectivity index (χ2v) is 7.24. The fraction of sp³-hybridized carbons (Fsp3) is 0.650. The summed E-state index contributed by atoms with van der Waals surface area (Å²) >= 11 is 0. The average Bonchev–Trinajstić information content (AvgIpc) is 2.69. The molecule has 1 aliphatic carbocycles. The van der Waals surface area contributed by atoms with Gasteiger partial charge in [0.2, 0.25) is 0 Å². The van der Waals surface area contributed by atoms with E-state index in [1.165, 1.54) is 24.9 Å². The molecule has 1 aliphatic heterocycles. The van der Waals surface area contributed by atoms with E-state index < -0.39 is 0 Å². The maximum atomic E-state index is 12.0. The van der Waals surface area contributed by atoms with E-state index >= 15 is 0 Å². The molecule has 2 amide bonds. The highest BCUT2D eigenvalue weighted by atomic mass is 16.5. The number of ether oxygens (including phenoxy) is 1. The normalized spacial score (nSPS) is 19.2. The molecule has 0 spiro atoms. The molecular weight excluding hydrogens is 328 g/mol. The molecule has 26 heavy (non-hydrogen) atoms. The Labute approximate surface area is 156 Å². The lowest BCUT2D eigenvalue weighted by Crippen LogP contribution is -2.50. The number of benzene rings is 1. The zero-order chi connectivity index (χ0) is 18.2. The van der Waals surface area contributed by atoms with Gasteiger partial charge in [0.25, 0.3) is 0 Å². The van der Waals surface area contributed by atoms with Crippen LogP contribution in [0.4, 0.5) is 10.5 Å². The SMILES string of the molecule is COc1ccccc1N1CCN(CCNC(=O)NC2CCCCC2)CC1. The predicted molar refractivity (Wildman–Crippen MR) is 105 cm³/mol. The molecule has 144 valence electrons. The minimum absolute atomic E-state index is 0.00967. The molecule has 6 heteroatoms. The first kappa shape index (κ1) is 18.8. The molecule has 1 heterocycles. The first-order valence-corrected chi connectivity index (χ1v) is 9.91. The number of amides is 2. The number of urea groups is 1. The lowest BCUT2D eigenvalue weighted by molar-refractivity contribution is 0.225. The van der Waals surface area contributed by atoms with Crippen LogP contribution in [0.3, 0.4) is 0 Å². The molecule has 2 N–H and O–H groups in total. The van der Waals surface area contributed by atoms with Crippen LogP contribution in [0, 0.1) is 0 Å². The topological polar surface area (TPSA) is 56.8 Å². The van der Waals surface area contributed by atoms with Gasteiger partial charge < -0.3 is 20.3 Å². The van der Waals surface area contributed by atoms with Crippen LogP contribution in [0.2, 0.25) is 0 Å². The maximum absolute atomic E-state index is 12.0. The third-order valence-electron chi connectivity index (χ3n) is 5.45. The van der Waals surface area contributed by atoms with Crippen LogP contribution in [0.25, 0.3) is 0 Å². The van der Waals surface area contributed by atoms with Crippen molar-refractivity contribution in [3.8, 4) is 5.75 Å². The summed E-state index contributed by atoms with van der Waals surface area (Å²) in [6, 6.07) is 8.54. The quantitative estimate of drug-likeness (QED) is 0.818. The summed E-state index contributed by atoms with van der Waals surface area (Å²) in [6.45, 7) is 5.57. The van der Waals surface area contributed by atoms with Gasteiger partial charge in [0.1, 0.15) is 5.75 Å². The number of nitrogens with one attached hydrogen (secondary N) is 2. The highest BCUT2D eigenvalue weighted by molar-refractivity contribution is 5.74. The van der Waals surface area contributed by atoms with Crippen LogP contribution < -0.4 is 20.3 Å². The van der Waals surface area contributed by atoms with Crippen LogP contribution in [0.5, 0.6) is 5.75 Å². The summed E-state index contributed by atoms with van der Waals surface area (Å²) in [5.74, 6) is 0.932. The molecule has 1 saturated heterocycles. The maximum Gasteiger partial charge on any atom is 0.315 e. The van der Waals surface area contributed by atoms with Crippen molar-refractivity contribution in [3.63, 3.8) is 0 Å². The Balaban J connectivity index is 1.34. The Morgan fingerprint density at radius 1 is 1.12 bits per heavy atom. The molecule has 1 aromatic carbocycles. The lowest BCUT2D eigenvalue weighted by Gasteiger charge is -2.36. The van der Waals surface area contributed by atoms with E-state index in [2.05, 4.69) is 32.6 Å². The van der Waals surface area contributed by atoms with Crippen molar-refractivity contribution in [3.05, 3.63) is 24.3 Å². The van der Waals surface area contributed by atoms with Gasteiger partial charge in [0, 0.05) is 45.3 Å². The predicted octanol–water partition coefficient (Wildman–Crippen LogP) is 2.45. The van der Waals surface area contributed by atoms with Gasteiger partial charge in [-0.25, -0.2) is 4.79 Å². The number of anilines is 1.